The maximum atomic E-state index is 11.7. The summed E-state index contributed by atoms with van der Waals surface area (Å²) >= 11 is 0. The van der Waals surface area contributed by atoms with E-state index in [-0.39, 0.29) is 18.0 Å². The lowest BCUT2D eigenvalue weighted by Gasteiger charge is -2.01. The summed E-state index contributed by atoms with van der Waals surface area (Å²) in [5, 5.41) is 16.9. The highest BCUT2D eigenvalue weighted by Crippen LogP contribution is 2.25. The van der Waals surface area contributed by atoms with Crippen molar-refractivity contribution in [2.24, 2.45) is 5.10 Å². The van der Waals surface area contributed by atoms with Crippen LogP contribution in [0.25, 0.3) is 11.3 Å². The first-order chi connectivity index (χ1) is 13.5. The molecular weight excluding hydrogens is 368 g/mol. The zero-order valence-corrected chi connectivity index (χ0v) is 14.3. The third-order valence-electron chi connectivity index (χ3n) is 3.54. The second-order valence-corrected chi connectivity index (χ2v) is 5.47. The summed E-state index contributed by atoms with van der Waals surface area (Å²) < 4.78 is 10.5. The van der Waals surface area contributed by atoms with Gasteiger partial charge in [-0.3, -0.25) is 19.7 Å². The van der Waals surface area contributed by atoms with Crippen LogP contribution >= 0.6 is 0 Å². The van der Waals surface area contributed by atoms with Crippen molar-refractivity contribution < 1.29 is 23.3 Å². The summed E-state index contributed by atoms with van der Waals surface area (Å²) in [5.41, 5.74) is 2.54. The van der Waals surface area contributed by atoms with Crippen molar-refractivity contribution >= 4 is 23.7 Å². The minimum Gasteiger partial charge on any atom is -0.467 e. The maximum absolute atomic E-state index is 11.7. The van der Waals surface area contributed by atoms with Gasteiger partial charge in [0, 0.05) is 17.7 Å². The standard InChI is InChI=1S/C18H14N4O6/c23-17(19-10-14-5-2-8-27-14)18(24)21-20-11-15-6-7-16(28-15)12-3-1-4-13(9-12)22(25)26/h1-9,11H,10H2,(H,19,23)(H,21,24)/b20-11+. The topological polar surface area (TPSA) is 140 Å². The second-order valence-electron chi connectivity index (χ2n) is 5.47. The highest BCUT2D eigenvalue weighted by atomic mass is 16.6. The Morgan fingerprint density at radius 1 is 1.14 bits per heavy atom. The van der Waals surface area contributed by atoms with E-state index in [4.69, 9.17) is 8.83 Å². The van der Waals surface area contributed by atoms with Gasteiger partial charge in [-0.1, -0.05) is 12.1 Å². The van der Waals surface area contributed by atoms with Gasteiger partial charge in [0.1, 0.15) is 17.3 Å². The molecule has 2 amide bonds. The van der Waals surface area contributed by atoms with Gasteiger partial charge in [0.25, 0.3) is 5.69 Å². The molecule has 10 nitrogen and oxygen atoms in total. The third-order valence-corrected chi connectivity index (χ3v) is 3.54. The van der Waals surface area contributed by atoms with E-state index in [9.17, 15) is 19.7 Å². The Morgan fingerprint density at radius 2 is 2.00 bits per heavy atom. The minimum atomic E-state index is -0.951. The fraction of sp³-hybridized carbons (Fsp3) is 0.0556. The van der Waals surface area contributed by atoms with Crippen molar-refractivity contribution in [3.05, 3.63) is 76.4 Å². The highest BCUT2D eigenvalue weighted by molar-refractivity contribution is 6.35. The average Bonchev–Trinajstić information content (AvgIpc) is 3.38. The van der Waals surface area contributed by atoms with Crippen molar-refractivity contribution in [2.45, 2.75) is 6.54 Å². The van der Waals surface area contributed by atoms with Gasteiger partial charge in [-0.15, -0.1) is 0 Å². The van der Waals surface area contributed by atoms with E-state index in [0.717, 1.165) is 0 Å². The smallest absolute Gasteiger partial charge is 0.329 e. The first-order valence-electron chi connectivity index (χ1n) is 8.01. The van der Waals surface area contributed by atoms with Gasteiger partial charge >= 0.3 is 11.8 Å². The van der Waals surface area contributed by atoms with Crippen molar-refractivity contribution in [2.75, 3.05) is 0 Å². The summed E-state index contributed by atoms with van der Waals surface area (Å²) in [6.45, 7) is 0.0771. The van der Waals surface area contributed by atoms with E-state index in [2.05, 4.69) is 15.8 Å². The fourth-order valence-electron chi connectivity index (χ4n) is 2.22. The lowest BCUT2D eigenvalue weighted by Crippen LogP contribution is -2.37. The predicted octanol–water partition coefficient (Wildman–Crippen LogP) is 2.21. The molecule has 0 saturated heterocycles. The van der Waals surface area contributed by atoms with Crippen LogP contribution in [0.1, 0.15) is 11.5 Å². The normalized spacial score (nSPS) is 10.7. The molecule has 0 bridgehead atoms. The van der Waals surface area contributed by atoms with Crippen LogP contribution in [0.4, 0.5) is 5.69 Å². The van der Waals surface area contributed by atoms with Gasteiger partial charge in [0.05, 0.1) is 23.9 Å². The van der Waals surface area contributed by atoms with Crippen LogP contribution in [0.15, 0.2) is 68.7 Å². The Labute approximate surface area is 158 Å². The van der Waals surface area contributed by atoms with Crippen LogP contribution < -0.4 is 10.7 Å². The Kier molecular flexibility index (Phi) is 5.60. The zero-order chi connectivity index (χ0) is 19.9. The second kappa shape index (κ2) is 8.45. The maximum Gasteiger partial charge on any atom is 0.329 e. The number of benzene rings is 1. The Hall–Kier alpha value is -4.21. The average molecular weight is 382 g/mol. The summed E-state index contributed by atoms with van der Waals surface area (Å²) in [6, 6.07) is 12.5. The molecule has 2 aromatic heterocycles. The Morgan fingerprint density at radius 3 is 2.75 bits per heavy atom. The molecule has 142 valence electrons. The SMILES string of the molecule is O=C(NCc1ccco1)C(=O)N/N=C/c1ccc(-c2cccc([N+](=O)[O-])c2)o1. The largest absolute Gasteiger partial charge is 0.467 e. The fourth-order valence-corrected chi connectivity index (χ4v) is 2.22. The molecule has 0 radical (unpaired) electrons. The summed E-state index contributed by atoms with van der Waals surface area (Å²) in [6.07, 6.45) is 2.66. The molecule has 0 aliphatic heterocycles. The molecule has 0 aliphatic carbocycles. The van der Waals surface area contributed by atoms with Crippen LogP contribution in [-0.2, 0) is 16.1 Å². The first-order valence-corrected chi connectivity index (χ1v) is 8.01. The van der Waals surface area contributed by atoms with Crippen LogP contribution in [0.2, 0.25) is 0 Å². The number of nitro benzene ring substituents is 1. The van der Waals surface area contributed by atoms with E-state index >= 15 is 0 Å². The summed E-state index contributed by atoms with van der Waals surface area (Å²) in [4.78, 5) is 33.6. The molecule has 0 fully saturated rings. The molecule has 0 atom stereocenters. The third kappa shape index (κ3) is 4.69. The summed E-state index contributed by atoms with van der Waals surface area (Å²) in [5.74, 6) is -0.627. The number of rotatable bonds is 6. The van der Waals surface area contributed by atoms with Crippen LogP contribution in [0.5, 0.6) is 0 Å². The van der Waals surface area contributed by atoms with Gasteiger partial charge < -0.3 is 14.2 Å². The van der Waals surface area contributed by atoms with Crippen LogP contribution in [0.3, 0.4) is 0 Å². The van der Waals surface area contributed by atoms with Gasteiger partial charge in [0.15, 0.2) is 0 Å². The molecule has 10 heteroatoms. The molecule has 0 aliphatic rings. The van der Waals surface area contributed by atoms with Gasteiger partial charge in [0.2, 0.25) is 0 Å². The van der Waals surface area contributed by atoms with Crippen molar-refractivity contribution in [3.63, 3.8) is 0 Å². The lowest BCUT2D eigenvalue weighted by atomic mass is 10.1. The molecule has 0 spiro atoms. The lowest BCUT2D eigenvalue weighted by molar-refractivity contribution is -0.384. The van der Waals surface area contributed by atoms with Crippen LogP contribution in [-0.4, -0.2) is 23.0 Å². The molecule has 3 rings (SSSR count). The van der Waals surface area contributed by atoms with Gasteiger partial charge in [-0.05, 0) is 24.3 Å². The number of hydrogen-bond donors (Lipinski definition) is 2. The molecular formula is C18H14N4O6. The van der Waals surface area contributed by atoms with E-state index in [0.29, 0.717) is 17.1 Å². The van der Waals surface area contributed by atoms with E-state index in [1.807, 2.05) is 0 Å². The number of hydrazone groups is 1. The highest BCUT2D eigenvalue weighted by Gasteiger charge is 2.13. The molecule has 0 unspecified atom stereocenters. The van der Waals surface area contributed by atoms with E-state index in [1.165, 1.54) is 24.6 Å². The number of furan rings is 2. The Bertz CT molecular complexity index is 1020. The molecule has 3 aromatic rings. The Balaban J connectivity index is 1.55. The number of nitrogens with zero attached hydrogens (tertiary/aromatic N) is 2. The van der Waals surface area contributed by atoms with Crippen molar-refractivity contribution in [1.29, 1.82) is 0 Å². The van der Waals surface area contributed by atoms with Crippen molar-refractivity contribution in [1.82, 2.24) is 10.7 Å². The molecule has 28 heavy (non-hydrogen) atoms. The minimum absolute atomic E-state index is 0.0584. The van der Waals surface area contributed by atoms with Crippen molar-refractivity contribution in [3.8, 4) is 11.3 Å². The molecule has 2 heterocycles. The molecule has 1 aromatic carbocycles. The number of hydrogen-bond acceptors (Lipinski definition) is 7. The predicted molar refractivity (Wildman–Crippen MR) is 97.1 cm³/mol. The van der Waals surface area contributed by atoms with E-state index < -0.39 is 16.7 Å². The number of non-ortho nitro benzene ring substituents is 1. The van der Waals surface area contributed by atoms with Crippen LogP contribution in [0, 0.1) is 10.1 Å². The number of carbonyl (C=O) groups is 2. The number of nitro groups is 1. The zero-order valence-electron chi connectivity index (χ0n) is 14.3. The quantitative estimate of drug-likeness (QED) is 0.290. The van der Waals surface area contributed by atoms with Gasteiger partial charge in [-0.2, -0.15) is 5.10 Å². The molecule has 2 N–H and O–H groups in total. The number of carbonyl (C=O) groups excluding carboxylic acids is 2. The first kappa shape index (κ1) is 18.6. The van der Waals surface area contributed by atoms with Gasteiger partial charge in [-0.25, -0.2) is 5.43 Å². The summed E-state index contributed by atoms with van der Waals surface area (Å²) in [7, 11) is 0. The van der Waals surface area contributed by atoms with E-state index in [1.54, 1.807) is 36.4 Å². The monoisotopic (exact) mass is 382 g/mol. The number of nitrogens with one attached hydrogen (secondary N) is 2. The number of amides is 2. The molecule has 0 saturated carbocycles.